The van der Waals surface area contributed by atoms with E-state index in [1.165, 1.54) is 0 Å². The Balaban J connectivity index is 1.43. The van der Waals surface area contributed by atoms with Crippen LogP contribution in [0.3, 0.4) is 0 Å². The third-order valence-electron chi connectivity index (χ3n) is 7.63. The molecular formula is C32H36N2O6. The van der Waals surface area contributed by atoms with Crippen LogP contribution in [0.25, 0.3) is 0 Å². The maximum atomic E-state index is 14.0. The number of ether oxygens (including phenoxy) is 4. The molecule has 0 saturated heterocycles. The molecule has 2 atom stereocenters. The van der Waals surface area contributed by atoms with Crippen LogP contribution < -0.4 is 24.3 Å². The highest BCUT2D eigenvalue weighted by molar-refractivity contribution is 6.01. The summed E-state index contributed by atoms with van der Waals surface area (Å²) < 4.78 is 22.6. The molecule has 0 saturated carbocycles. The summed E-state index contributed by atoms with van der Waals surface area (Å²) in [6, 6.07) is 16.7. The maximum Gasteiger partial charge on any atom is 0.254 e. The Labute approximate surface area is 235 Å². The van der Waals surface area contributed by atoms with Crippen molar-refractivity contribution in [2.45, 2.75) is 38.6 Å². The van der Waals surface area contributed by atoms with Crippen LogP contribution >= 0.6 is 0 Å². The van der Waals surface area contributed by atoms with Crippen LogP contribution in [0.5, 0.6) is 23.0 Å². The quantitative estimate of drug-likeness (QED) is 0.398. The Kier molecular flexibility index (Phi) is 8.14. The molecule has 40 heavy (non-hydrogen) atoms. The van der Waals surface area contributed by atoms with Crippen molar-refractivity contribution in [2.24, 2.45) is 0 Å². The molecule has 2 amide bonds. The van der Waals surface area contributed by atoms with Gasteiger partial charge in [0.1, 0.15) is 0 Å². The lowest BCUT2D eigenvalue weighted by molar-refractivity contribution is -0.124. The van der Waals surface area contributed by atoms with Crippen molar-refractivity contribution >= 4 is 11.8 Å². The normalized spacial score (nSPS) is 17.3. The fraction of sp³-hybridized carbons (Fsp3) is 0.375. The first kappa shape index (κ1) is 27.4. The fourth-order valence-corrected chi connectivity index (χ4v) is 5.83. The number of nitrogens with one attached hydrogen (secondary N) is 1. The van der Waals surface area contributed by atoms with Gasteiger partial charge in [-0.25, -0.2) is 0 Å². The highest BCUT2D eigenvalue weighted by atomic mass is 16.5. The molecule has 2 aliphatic rings. The summed E-state index contributed by atoms with van der Waals surface area (Å²) in [5.74, 6) is 1.89. The molecule has 0 aliphatic carbocycles. The first-order valence-electron chi connectivity index (χ1n) is 13.8. The van der Waals surface area contributed by atoms with Crippen LogP contribution in [0.1, 0.15) is 58.4 Å². The lowest BCUT2D eigenvalue weighted by Crippen LogP contribution is -2.50. The number of carbonyl (C=O) groups is 2. The molecule has 8 nitrogen and oxygen atoms in total. The summed E-state index contributed by atoms with van der Waals surface area (Å²) in [5, 5.41) is 3.16. The number of benzene rings is 3. The van der Waals surface area contributed by atoms with E-state index >= 15 is 0 Å². The van der Waals surface area contributed by atoms with Gasteiger partial charge >= 0.3 is 0 Å². The Morgan fingerprint density at radius 2 is 1.62 bits per heavy atom. The van der Waals surface area contributed by atoms with Gasteiger partial charge in [-0.1, -0.05) is 24.3 Å². The van der Waals surface area contributed by atoms with E-state index < -0.39 is 12.0 Å². The number of methoxy groups -OCH3 is 2. The molecule has 2 aliphatic heterocycles. The zero-order valence-corrected chi connectivity index (χ0v) is 23.5. The largest absolute Gasteiger partial charge is 0.493 e. The van der Waals surface area contributed by atoms with Crippen LogP contribution in [0.2, 0.25) is 0 Å². The van der Waals surface area contributed by atoms with Crippen molar-refractivity contribution < 1.29 is 28.5 Å². The molecule has 0 spiro atoms. The monoisotopic (exact) mass is 544 g/mol. The summed E-state index contributed by atoms with van der Waals surface area (Å²) in [6.45, 7) is 5.94. The second-order valence-corrected chi connectivity index (χ2v) is 9.85. The number of rotatable bonds is 10. The molecule has 0 aromatic heterocycles. The van der Waals surface area contributed by atoms with E-state index in [9.17, 15) is 9.59 Å². The van der Waals surface area contributed by atoms with E-state index in [1.807, 2.05) is 73.3 Å². The number of nitrogens with zero attached hydrogens (tertiary/aromatic N) is 1. The maximum absolute atomic E-state index is 14.0. The van der Waals surface area contributed by atoms with Crippen LogP contribution in [-0.4, -0.2) is 57.2 Å². The van der Waals surface area contributed by atoms with Crippen molar-refractivity contribution in [3.63, 3.8) is 0 Å². The summed E-state index contributed by atoms with van der Waals surface area (Å²) in [4.78, 5) is 29.4. The Morgan fingerprint density at radius 1 is 0.900 bits per heavy atom. The first-order valence-corrected chi connectivity index (χ1v) is 13.8. The molecule has 210 valence electrons. The summed E-state index contributed by atoms with van der Waals surface area (Å²) in [7, 11) is 3.20. The molecule has 2 heterocycles. The van der Waals surface area contributed by atoms with Crippen molar-refractivity contribution in [1.82, 2.24) is 10.2 Å². The number of fused-ring (bicyclic) bond motifs is 4. The lowest BCUT2D eigenvalue weighted by Gasteiger charge is -2.45. The second kappa shape index (κ2) is 11.9. The van der Waals surface area contributed by atoms with Gasteiger partial charge in [0, 0.05) is 18.7 Å². The zero-order chi connectivity index (χ0) is 28.2. The number of hydrogen-bond acceptors (Lipinski definition) is 6. The van der Waals surface area contributed by atoms with Gasteiger partial charge in [0.15, 0.2) is 23.0 Å². The smallest absolute Gasteiger partial charge is 0.254 e. The highest BCUT2D eigenvalue weighted by Gasteiger charge is 2.46. The van der Waals surface area contributed by atoms with E-state index in [1.54, 1.807) is 14.2 Å². The van der Waals surface area contributed by atoms with Crippen LogP contribution in [-0.2, 0) is 17.6 Å². The molecular weight excluding hydrogens is 508 g/mol. The second-order valence-electron chi connectivity index (χ2n) is 9.85. The molecule has 3 aromatic rings. The molecule has 0 radical (unpaired) electrons. The molecule has 0 fully saturated rings. The zero-order valence-electron chi connectivity index (χ0n) is 23.5. The van der Waals surface area contributed by atoms with Gasteiger partial charge in [0.05, 0.1) is 39.4 Å². The Morgan fingerprint density at radius 3 is 2.38 bits per heavy atom. The van der Waals surface area contributed by atoms with Gasteiger partial charge < -0.3 is 29.2 Å². The minimum Gasteiger partial charge on any atom is -0.493 e. The third-order valence-corrected chi connectivity index (χ3v) is 7.63. The van der Waals surface area contributed by atoms with Gasteiger partial charge in [0.25, 0.3) is 5.91 Å². The molecule has 3 aromatic carbocycles. The molecule has 0 unspecified atom stereocenters. The third kappa shape index (κ3) is 5.06. The SMILES string of the molecule is CCOc1ccc(CCNC(=O)[C@H]2c3ccccc3C(=O)N3CCc4cc(OC)c(OC)cc4[C@H]23)cc1OCC. The molecule has 5 rings (SSSR count). The molecule has 8 heteroatoms. The van der Waals surface area contributed by atoms with E-state index in [4.69, 9.17) is 18.9 Å². The van der Waals surface area contributed by atoms with E-state index in [0.29, 0.717) is 67.7 Å². The average molecular weight is 545 g/mol. The molecule has 1 N–H and O–H groups in total. The number of carbonyl (C=O) groups excluding carboxylic acids is 2. The Hall–Kier alpha value is -4.20. The van der Waals surface area contributed by atoms with Gasteiger partial charge in [0.2, 0.25) is 5.91 Å². The van der Waals surface area contributed by atoms with Gasteiger partial charge in [-0.05, 0) is 79.3 Å². The van der Waals surface area contributed by atoms with E-state index in [2.05, 4.69) is 5.32 Å². The van der Waals surface area contributed by atoms with Gasteiger partial charge in [-0.3, -0.25) is 9.59 Å². The van der Waals surface area contributed by atoms with Crippen LogP contribution in [0.4, 0.5) is 0 Å². The number of hydrogen-bond donors (Lipinski definition) is 1. The van der Waals surface area contributed by atoms with Crippen molar-refractivity contribution in [2.75, 3.05) is 40.5 Å². The summed E-state index contributed by atoms with van der Waals surface area (Å²) >= 11 is 0. The number of amides is 2. The minimum atomic E-state index is -0.564. The van der Waals surface area contributed by atoms with E-state index in [0.717, 1.165) is 22.3 Å². The van der Waals surface area contributed by atoms with Gasteiger partial charge in [-0.2, -0.15) is 0 Å². The highest BCUT2D eigenvalue weighted by Crippen LogP contribution is 2.48. The minimum absolute atomic E-state index is 0.0528. The van der Waals surface area contributed by atoms with E-state index in [-0.39, 0.29) is 11.8 Å². The van der Waals surface area contributed by atoms with Crippen molar-refractivity contribution in [3.05, 3.63) is 82.4 Å². The van der Waals surface area contributed by atoms with Crippen molar-refractivity contribution in [1.29, 1.82) is 0 Å². The predicted molar refractivity (Wildman–Crippen MR) is 152 cm³/mol. The summed E-state index contributed by atoms with van der Waals surface area (Å²) in [5.41, 5.74) is 4.33. The van der Waals surface area contributed by atoms with Crippen molar-refractivity contribution in [3.8, 4) is 23.0 Å². The lowest BCUT2D eigenvalue weighted by atomic mass is 9.75. The predicted octanol–water partition coefficient (Wildman–Crippen LogP) is 4.70. The first-order chi connectivity index (χ1) is 19.5. The van der Waals surface area contributed by atoms with Gasteiger partial charge in [-0.15, -0.1) is 0 Å². The molecule has 0 bridgehead atoms. The fourth-order valence-electron chi connectivity index (χ4n) is 5.83. The summed E-state index contributed by atoms with van der Waals surface area (Å²) in [6.07, 6.45) is 1.30. The topological polar surface area (TPSA) is 86.3 Å². The standard InChI is InChI=1S/C32H36N2O6/c1-5-39-25-12-11-20(17-28(25)40-6-2)13-15-33-31(35)29-22-9-7-8-10-23(22)32(36)34-16-14-21-18-26(37-3)27(38-4)19-24(21)30(29)34/h7-12,17-19,29-30H,5-6,13-16H2,1-4H3,(H,33,35)/t29-,30+/m0/s1. The average Bonchev–Trinajstić information content (AvgIpc) is 2.98. The van der Waals surface area contributed by atoms with Crippen LogP contribution in [0.15, 0.2) is 54.6 Å². The Bertz CT molecular complexity index is 1400. The van der Waals surface area contributed by atoms with Crippen LogP contribution in [0, 0.1) is 0 Å².